The number of carbonyl (C=O) groups is 1. The third-order valence-corrected chi connectivity index (χ3v) is 5.60. The molecule has 1 saturated carbocycles. The van der Waals surface area contributed by atoms with Crippen LogP contribution >= 0.6 is 12.4 Å². The molecule has 3 N–H and O–H groups in total. The van der Waals surface area contributed by atoms with Crippen molar-refractivity contribution >= 4 is 18.3 Å². The normalized spacial score (nSPS) is 15.6. The Morgan fingerprint density at radius 1 is 1.21 bits per heavy atom. The number of hydrogen-bond acceptors (Lipinski definition) is 5. The standard InChI is InChI=1S/C21H30N4O2.ClH/c1-2-18-24-20(27-25-18)17-8-6-16(7-9-17)10-13-23-19(26)14-21(15-22)11-4-3-5-12-21;/h6-9H,2-5,10-15,22H2,1H3,(H,23,26);1H. The molecule has 1 heterocycles. The van der Waals surface area contributed by atoms with Crippen LogP contribution in [0, 0.1) is 5.41 Å². The molecule has 1 aromatic heterocycles. The van der Waals surface area contributed by atoms with Crippen molar-refractivity contribution in [3.05, 3.63) is 35.7 Å². The molecule has 2 aromatic rings. The third kappa shape index (κ3) is 5.79. The lowest BCUT2D eigenvalue weighted by Crippen LogP contribution is -2.39. The Labute approximate surface area is 173 Å². The predicted octanol–water partition coefficient (Wildman–Crippen LogP) is 3.68. The highest BCUT2D eigenvalue weighted by molar-refractivity contribution is 5.85. The van der Waals surface area contributed by atoms with Gasteiger partial charge in [-0.3, -0.25) is 4.79 Å². The second-order valence-corrected chi connectivity index (χ2v) is 7.61. The molecule has 1 aromatic carbocycles. The fourth-order valence-corrected chi connectivity index (χ4v) is 3.83. The third-order valence-electron chi connectivity index (χ3n) is 5.60. The number of aryl methyl sites for hydroxylation is 1. The second-order valence-electron chi connectivity index (χ2n) is 7.61. The van der Waals surface area contributed by atoms with Crippen LogP contribution < -0.4 is 11.1 Å². The van der Waals surface area contributed by atoms with E-state index in [1.165, 1.54) is 24.8 Å². The first-order chi connectivity index (χ1) is 13.1. The molecule has 0 aliphatic heterocycles. The summed E-state index contributed by atoms with van der Waals surface area (Å²) in [5.41, 5.74) is 8.08. The van der Waals surface area contributed by atoms with E-state index in [9.17, 15) is 4.79 Å². The Hall–Kier alpha value is -1.92. The molecule has 0 radical (unpaired) electrons. The molecule has 0 spiro atoms. The van der Waals surface area contributed by atoms with E-state index in [0.717, 1.165) is 31.2 Å². The van der Waals surface area contributed by atoms with Crippen molar-refractivity contribution in [1.29, 1.82) is 0 Å². The number of halogens is 1. The van der Waals surface area contributed by atoms with Gasteiger partial charge in [-0.25, -0.2) is 0 Å². The lowest BCUT2D eigenvalue weighted by Gasteiger charge is -2.35. The van der Waals surface area contributed by atoms with Crippen molar-refractivity contribution in [3.63, 3.8) is 0 Å². The number of nitrogens with one attached hydrogen (secondary N) is 1. The van der Waals surface area contributed by atoms with Crippen molar-refractivity contribution in [3.8, 4) is 11.5 Å². The number of carbonyl (C=O) groups excluding carboxylic acids is 1. The first kappa shape index (κ1) is 22.4. The summed E-state index contributed by atoms with van der Waals surface area (Å²) in [5, 5.41) is 6.98. The number of rotatable bonds is 8. The lowest BCUT2D eigenvalue weighted by molar-refractivity contribution is -0.123. The van der Waals surface area contributed by atoms with Gasteiger partial charge in [-0.05, 0) is 48.9 Å². The number of aromatic nitrogens is 2. The minimum absolute atomic E-state index is 0. The van der Waals surface area contributed by atoms with Gasteiger partial charge in [0.1, 0.15) is 0 Å². The summed E-state index contributed by atoms with van der Waals surface area (Å²) in [6.45, 7) is 3.24. The highest BCUT2D eigenvalue weighted by atomic mass is 35.5. The minimum Gasteiger partial charge on any atom is -0.356 e. The van der Waals surface area contributed by atoms with Gasteiger partial charge in [0.25, 0.3) is 5.89 Å². The van der Waals surface area contributed by atoms with Gasteiger partial charge in [-0.1, -0.05) is 43.5 Å². The maximum Gasteiger partial charge on any atom is 0.257 e. The van der Waals surface area contributed by atoms with E-state index in [2.05, 4.69) is 15.5 Å². The first-order valence-corrected chi connectivity index (χ1v) is 10.0. The molecule has 1 aliphatic rings. The summed E-state index contributed by atoms with van der Waals surface area (Å²) in [6, 6.07) is 8.05. The summed E-state index contributed by atoms with van der Waals surface area (Å²) in [4.78, 5) is 16.7. The zero-order valence-electron chi connectivity index (χ0n) is 16.6. The summed E-state index contributed by atoms with van der Waals surface area (Å²) >= 11 is 0. The van der Waals surface area contributed by atoms with Crippen LogP contribution in [0.25, 0.3) is 11.5 Å². The number of nitrogens with zero attached hydrogens (tertiary/aromatic N) is 2. The molecule has 3 rings (SSSR count). The van der Waals surface area contributed by atoms with Crippen molar-refractivity contribution in [1.82, 2.24) is 15.5 Å². The van der Waals surface area contributed by atoms with Crippen LogP contribution in [-0.4, -0.2) is 29.1 Å². The molecule has 1 amide bonds. The van der Waals surface area contributed by atoms with E-state index in [1.807, 2.05) is 31.2 Å². The van der Waals surface area contributed by atoms with Gasteiger partial charge in [0, 0.05) is 24.9 Å². The molecule has 7 heteroatoms. The van der Waals surface area contributed by atoms with Crippen LogP contribution in [0.3, 0.4) is 0 Å². The van der Waals surface area contributed by atoms with E-state index in [-0.39, 0.29) is 23.7 Å². The molecule has 28 heavy (non-hydrogen) atoms. The Balaban J connectivity index is 0.00000280. The van der Waals surface area contributed by atoms with Crippen molar-refractivity contribution in [2.75, 3.05) is 13.1 Å². The van der Waals surface area contributed by atoms with Crippen LogP contribution in [-0.2, 0) is 17.6 Å². The molecule has 0 saturated heterocycles. The molecule has 6 nitrogen and oxygen atoms in total. The Kier molecular flexibility index (Phi) is 8.45. The van der Waals surface area contributed by atoms with Crippen molar-refractivity contribution < 1.29 is 9.32 Å². The number of hydrogen-bond donors (Lipinski definition) is 2. The topological polar surface area (TPSA) is 94.0 Å². The van der Waals surface area contributed by atoms with Crippen molar-refractivity contribution in [2.45, 2.75) is 58.3 Å². The summed E-state index contributed by atoms with van der Waals surface area (Å²) in [6.07, 6.45) is 7.91. The van der Waals surface area contributed by atoms with E-state index in [4.69, 9.17) is 10.3 Å². The number of nitrogens with two attached hydrogens (primary N) is 1. The van der Waals surface area contributed by atoms with Crippen LogP contribution in [0.15, 0.2) is 28.8 Å². The van der Waals surface area contributed by atoms with Gasteiger partial charge in [0.2, 0.25) is 5.91 Å². The number of amides is 1. The molecule has 0 unspecified atom stereocenters. The lowest BCUT2D eigenvalue weighted by atomic mass is 9.71. The minimum atomic E-state index is 0. The highest BCUT2D eigenvalue weighted by Crippen LogP contribution is 2.38. The van der Waals surface area contributed by atoms with Gasteiger partial charge in [-0.15, -0.1) is 12.4 Å². The molecule has 0 bridgehead atoms. The van der Waals surface area contributed by atoms with Gasteiger partial charge < -0.3 is 15.6 Å². The van der Waals surface area contributed by atoms with Gasteiger partial charge in [0.05, 0.1) is 0 Å². The fourth-order valence-electron chi connectivity index (χ4n) is 3.83. The van der Waals surface area contributed by atoms with Crippen LogP contribution in [0.1, 0.15) is 56.8 Å². The molecule has 1 aliphatic carbocycles. The zero-order valence-corrected chi connectivity index (χ0v) is 17.4. The first-order valence-electron chi connectivity index (χ1n) is 10.0. The number of benzene rings is 1. The molecular weight excluding hydrogens is 376 g/mol. The smallest absolute Gasteiger partial charge is 0.257 e. The van der Waals surface area contributed by atoms with Crippen molar-refractivity contribution in [2.24, 2.45) is 11.1 Å². The van der Waals surface area contributed by atoms with Gasteiger partial charge >= 0.3 is 0 Å². The van der Waals surface area contributed by atoms with E-state index in [0.29, 0.717) is 31.2 Å². The average Bonchev–Trinajstić information content (AvgIpc) is 3.18. The molecule has 1 fully saturated rings. The van der Waals surface area contributed by atoms with Crippen LogP contribution in [0.2, 0.25) is 0 Å². The Bertz CT molecular complexity index is 739. The predicted molar refractivity (Wildman–Crippen MR) is 112 cm³/mol. The quantitative estimate of drug-likeness (QED) is 0.697. The van der Waals surface area contributed by atoms with Crippen LogP contribution in [0.5, 0.6) is 0 Å². The summed E-state index contributed by atoms with van der Waals surface area (Å²) in [7, 11) is 0. The fraction of sp³-hybridized carbons (Fsp3) is 0.571. The molecule has 154 valence electrons. The van der Waals surface area contributed by atoms with E-state index < -0.39 is 0 Å². The Morgan fingerprint density at radius 2 is 1.93 bits per heavy atom. The highest BCUT2D eigenvalue weighted by Gasteiger charge is 2.32. The average molecular weight is 407 g/mol. The van der Waals surface area contributed by atoms with Crippen LogP contribution in [0.4, 0.5) is 0 Å². The Morgan fingerprint density at radius 3 is 2.54 bits per heavy atom. The zero-order chi connectivity index (χ0) is 19.1. The van der Waals surface area contributed by atoms with Gasteiger partial charge in [0.15, 0.2) is 5.82 Å². The summed E-state index contributed by atoms with van der Waals surface area (Å²) < 4.78 is 5.26. The monoisotopic (exact) mass is 406 g/mol. The van der Waals surface area contributed by atoms with E-state index >= 15 is 0 Å². The molecular formula is C21H31ClN4O2. The maximum absolute atomic E-state index is 12.3. The largest absolute Gasteiger partial charge is 0.356 e. The molecule has 0 atom stereocenters. The SMILES string of the molecule is CCc1noc(-c2ccc(CCNC(=O)CC3(CN)CCCCC3)cc2)n1.Cl. The second kappa shape index (κ2) is 10.6. The maximum atomic E-state index is 12.3. The van der Waals surface area contributed by atoms with E-state index in [1.54, 1.807) is 0 Å². The summed E-state index contributed by atoms with van der Waals surface area (Å²) in [5.74, 6) is 1.38. The van der Waals surface area contributed by atoms with Gasteiger partial charge in [-0.2, -0.15) is 4.98 Å².